The third kappa shape index (κ3) is 5.26. The highest BCUT2D eigenvalue weighted by atomic mass is 16.2. The summed E-state index contributed by atoms with van der Waals surface area (Å²) in [5, 5.41) is 2.07. The quantitative estimate of drug-likeness (QED) is 0.164. The van der Waals surface area contributed by atoms with Crippen molar-refractivity contribution in [2.24, 2.45) is 0 Å². The summed E-state index contributed by atoms with van der Waals surface area (Å²) in [5.41, 5.74) is 9.67. The van der Waals surface area contributed by atoms with E-state index in [1.807, 2.05) is 91.0 Å². The molecule has 0 bridgehead atoms. The second-order valence-electron chi connectivity index (χ2n) is 11.9. The maximum absolute atomic E-state index is 14.9. The van der Waals surface area contributed by atoms with Gasteiger partial charge < -0.3 is 9.47 Å². The predicted octanol–water partition coefficient (Wildman–Crippen LogP) is 9.66. The van der Waals surface area contributed by atoms with Gasteiger partial charge in [-0.05, 0) is 52.6 Å². The molecule has 0 saturated heterocycles. The Morgan fingerprint density at radius 3 is 2.02 bits per heavy atom. The van der Waals surface area contributed by atoms with Crippen LogP contribution in [0.25, 0.3) is 60.9 Å². The first-order chi connectivity index (χ1) is 24.1. The lowest BCUT2D eigenvalue weighted by molar-refractivity contribution is 0.0986. The molecule has 2 heterocycles. The lowest BCUT2D eigenvalue weighted by atomic mass is 9.96. The Morgan fingerprint density at radius 2 is 1.27 bits per heavy atom. The van der Waals surface area contributed by atoms with Crippen LogP contribution < -0.4 is 4.90 Å². The van der Waals surface area contributed by atoms with Crippen molar-refractivity contribution >= 4 is 39.7 Å². The molecular formula is C43H30N4O2. The van der Waals surface area contributed by atoms with E-state index in [4.69, 9.17) is 0 Å². The van der Waals surface area contributed by atoms with Crippen molar-refractivity contribution in [2.45, 2.75) is 0 Å². The molecule has 49 heavy (non-hydrogen) atoms. The Bertz CT molecular complexity index is 2490. The summed E-state index contributed by atoms with van der Waals surface area (Å²) in [6.45, 7) is 0. The van der Waals surface area contributed by atoms with Gasteiger partial charge in [-0.1, -0.05) is 109 Å². The molecule has 6 heteroatoms. The highest BCUT2D eigenvalue weighted by molar-refractivity contribution is 6.16. The molecule has 0 radical (unpaired) electrons. The van der Waals surface area contributed by atoms with Gasteiger partial charge in [0.15, 0.2) is 6.29 Å². The first-order valence-electron chi connectivity index (χ1n) is 16.0. The molecule has 6 nitrogen and oxygen atoms in total. The number of benzene rings is 6. The van der Waals surface area contributed by atoms with E-state index in [1.165, 1.54) is 6.33 Å². The average molecular weight is 635 g/mol. The monoisotopic (exact) mass is 634 g/mol. The molecule has 0 aliphatic rings. The molecule has 234 valence electrons. The number of rotatable bonds is 7. The Kier molecular flexibility index (Phi) is 7.59. The van der Waals surface area contributed by atoms with Gasteiger partial charge in [-0.3, -0.25) is 9.59 Å². The Hall–Kier alpha value is -6.66. The number of para-hydroxylation sites is 1. The summed E-state index contributed by atoms with van der Waals surface area (Å²) in [7, 11) is 1.77. The van der Waals surface area contributed by atoms with Gasteiger partial charge in [-0.15, -0.1) is 0 Å². The van der Waals surface area contributed by atoms with Crippen molar-refractivity contribution in [3.63, 3.8) is 0 Å². The molecule has 8 aromatic rings. The van der Waals surface area contributed by atoms with Gasteiger partial charge in [-0.2, -0.15) is 0 Å². The van der Waals surface area contributed by atoms with E-state index in [9.17, 15) is 9.59 Å². The molecule has 2 aromatic heterocycles. The average Bonchev–Trinajstić information content (AvgIpc) is 3.51. The summed E-state index contributed by atoms with van der Waals surface area (Å²) >= 11 is 0. The van der Waals surface area contributed by atoms with E-state index in [-0.39, 0.29) is 5.91 Å². The molecule has 8 rings (SSSR count). The van der Waals surface area contributed by atoms with Crippen LogP contribution in [0.1, 0.15) is 20.7 Å². The number of carbonyl (C=O) groups is 2. The zero-order valence-corrected chi connectivity index (χ0v) is 26.7. The highest BCUT2D eigenvalue weighted by Crippen LogP contribution is 2.38. The van der Waals surface area contributed by atoms with E-state index in [0.717, 1.165) is 67.2 Å². The van der Waals surface area contributed by atoms with Gasteiger partial charge in [0.05, 0.1) is 28.0 Å². The zero-order valence-electron chi connectivity index (χ0n) is 26.7. The number of anilines is 1. The van der Waals surface area contributed by atoms with Crippen LogP contribution in [0.2, 0.25) is 0 Å². The molecular weight excluding hydrogens is 604 g/mol. The molecule has 0 aliphatic heterocycles. The van der Waals surface area contributed by atoms with Crippen molar-refractivity contribution in [3.05, 3.63) is 169 Å². The minimum Gasteiger partial charge on any atom is -0.311 e. The molecule has 0 atom stereocenters. The van der Waals surface area contributed by atoms with Gasteiger partial charge in [0.1, 0.15) is 6.33 Å². The standard InChI is InChI=1S/C43H30N4O2/c1-46(38-22-20-31(29-11-4-2-5-12-29)23-37(38)30-13-6-3-7-14-30)43(49)42-33(27-48)15-10-18-40(42)47-39-17-9-8-16-35(39)36-21-19-32(24-41(36)47)34-25-44-28-45-26-34/h2-28H,1H3. The van der Waals surface area contributed by atoms with Gasteiger partial charge in [0.2, 0.25) is 0 Å². The summed E-state index contributed by atoms with van der Waals surface area (Å²) in [6, 6.07) is 46.2. The summed E-state index contributed by atoms with van der Waals surface area (Å²) in [5.74, 6) is -0.291. The SMILES string of the molecule is CN(C(=O)c1c(C=O)cccc1-n1c2ccccc2c2ccc(-c3cncnc3)cc21)c1ccc(-c2ccccc2)cc1-c1ccccc1. The van der Waals surface area contributed by atoms with Crippen molar-refractivity contribution in [1.29, 1.82) is 0 Å². The number of nitrogens with zero attached hydrogens (tertiary/aromatic N) is 4. The van der Waals surface area contributed by atoms with E-state index in [1.54, 1.807) is 30.4 Å². The Morgan fingerprint density at radius 1 is 0.612 bits per heavy atom. The molecule has 0 aliphatic carbocycles. The normalized spacial score (nSPS) is 11.1. The lowest BCUT2D eigenvalue weighted by Gasteiger charge is -2.24. The predicted molar refractivity (Wildman–Crippen MR) is 197 cm³/mol. The maximum Gasteiger partial charge on any atom is 0.260 e. The van der Waals surface area contributed by atoms with Crippen molar-refractivity contribution in [1.82, 2.24) is 14.5 Å². The highest BCUT2D eigenvalue weighted by Gasteiger charge is 2.26. The summed E-state index contributed by atoms with van der Waals surface area (Å²) in [6.07, 6.45) is 5.84. The fraction of sp³-hybridized carbons (Fsp3) is 0.0233. The fourth-order valence-corrected chi connectivity index (χ4v) is 6.70. The van der Waals surface area contributed by atoms with Crippen LogP contribution >= 0.6 is 0 Å². The van der Waals surface area contributed by atoms with E-state index in [0.29, 0.717) is 16.8 Å². The van der Waals surface area contributed by atoms with Crippen LogP contribution in [0.4, 0.5) is 5.69 Å². The molecule has 0 saturated carbocycles. The number of hydrogen-bond acceptors (Lipinski definition) is 4. The fourth-order valence-electron chi connectivity index (χ4n) is 6.70. The number of hydrogen-bond donors (Lipinski definition) is 0. The topological polar surface area (TPSA) is 68.1 Å². The molecule has 1 amide bonds. The third-order valence-corrected chi connectivity index (χ3v) is 9.08. The van der Waals surface area contributed by atoms with Gasteiger partial charge >= 0.3 is 0 Å². The van der Waals surface area contributed by atoms with Crippen LogP contribution in [0.3, 0.4) is 0 Å². The largest absolute Gasteiger partial charge is 0.311 e. The lowest BCUT2D eigenvalue weighted by Crippen LogP contribution is -2.29. The molecule has 0 N–H and O–H groups in total. The third-order valence-electron chi connectivity index (χ3n) is 9.08. The first-order valence-corrected chi connectivity index (χ1v) is 16.0. The second-order valence-corrected chi connectivity index (χ2v) is 11.9. The first kappa shape index (κ1) is 29.7. The van der Waals surface area contributed by atoms with E-state index in [2.05, 4.69) is 57.0 Å². The molecule has 0 fully saturated rings. The van der Waals surface area contributed by atoms with E-state index < -0.39 is 0 Å². The van der Waals surface area contributed by atoms with Crippen LogP contribution in [0.15, 0.2) is 158 Å². The smallest absolute Gasteiger partial charge is 0.260 e. The second kappa shape index (κ2) is 12.5. The Balaban J connectivity index is 1.32. The van der Waals surface area contributed by atoms with Crippen molar-refractivity contribution in [3.8, 4) is 39.1 Å². The van der Waals surface area contributed by atoms with E-state index >= 15 is 0 Å². The summed E-state index contributed by atoms with van der Waals surface area (Å²) in [4.78, 5) is 37.6. The summed E-state index contributed by atoms with van der Waals surface area (Å²) < 4.78 is 2.09. The van der Waals surface area contributed by atoms with Crippen LogP contribution in [0.5, 0.6) is 0 Å². The molecule has 6 aromatic carbocycles. The van der Waals surface area contributed by atoms with Crippen molar-refractivity contribution in [2.75, 3.05) is 11.9 Å². The zero-order chi connectivity index (χ0) is 33.3. The number of amides is 1. The Labute approximate surface area is 283 Å². The van der Waals surface area contributed by atoms with Crippen LogP contribution in [-0.4, -0.2) is 33.8 Å². The molecule has 0 spiro atoms. The number of fused-ring (bicyclic) bond motifs is 3. The van der Waals surface area contributed by atoms with Gasteiger partial charge in [0, 0.05) is 46.9 Å². The van der Waals surface area contributed by atoms with Gasteiger partial charge in [-0.25, -0.2) is 9.97 Å². The minimum atomic E-state index is -0.291. The number of aromatic nitrogens is 3. The van der Waals surface area contributed by atoms with Crippen molar-refractivity contribution < 1.29 is 9.59 Å². The number of carbonyl (C=O) groups excluding carboxylic acids is 2. The van der Waals surface area contributed by atoms with Gasteiger partial charge in [0.25, 0.3) is 5.91 Å². The van der Waals surface area contributed by atoms with Crippen LogP contribution in [0, 0.1) is 0 Å². The maximum atomic E-state index is 14.9. The molecule has 0 unspecified atom stereocenters. The van der Waals surface area contributed by atoms with Crippen LogP contribution in [-0.2, 0) is 0 Å². The minimum absolute atomic E-state index is 0.291. The number of aldehydes is 1.